The Morgan fingerprint density at radius 3 is 2.78 bits per heavy atom. The van der Waals surface area contributed by atoms with Crippen molar-refractivity contribution in [1.82, 2.24) is 19.7 Å². The highest BCUT2D eigenvalue weighted by atomic mass is 32.1. The summed E-state index contributed by atoms with van der Waals surface area (Å²) in [5.74, 6) is -0.998. The number of carbonyl (C=O) groups excluding carboxylic acids is 2. The SMILES string of the molecule is CCOC(=O)c1nn(CCC(F)(F)F)c2c1CN(C(=O)c1cscn1)CC2. The van der Waals surface area contributed by atoms with Gasteiger partial charge in [-0.1, -0.05) is 0 Å². The monoisotopic (exact) mass is 402 g/mol. The fourth-order valence-electron chi connectivity index (χ4n) is 2.93. The van der Waals surface area contributed by atoms with Crippen molar-refractivity contribution >= 4 is 23.2 Å². The zero-order chi connectivity index (χ0) is 19.6. The smallest absolute Gasteiger partial charge is 0.390 e. The van der Waals surface area contributed by atoms with E-state index in [-0.39, 0.29) is 31.3 Å². The molecule has 1 aliphatic rings. The Labute approximate surface area is 156 Å². The lowest BCUT2D eigenvalue weighted by Gasteiger charge is -2.27. The summed E-state index contributed by atoms with van der Waals surface area (Å²) in [6.07, 6.45) is -5.08. The lowest BCUT2D eigenvalue weighted by atomic mass is 10.0. The first-order valence-corrected chi connectivity index (χ1v) is 9.24. The quantitative estimate of drug-likeness (QED) is 0.719. The second-order valence-corrected chi connectivity index (χ2v) is 6.65. The van der Waals surface area contributed by atoms with Crippen LogP contribution in [0.2, 0.25) is 0 Å². The minimum absolute atomic E-state index is 0.0372. The van der Waals surface area contributed by atoms with Crippen LogP contribution in [0, 0.1) is 0 Å². The summed E-state index contributed by atoms with van der Waals surface area (Å²) in [4.78, 5) is 30.2. The first kappa shape index (κ1) is 19.3. The van der Waals surface area contributed by atoms with Crippen LogP contribution < -0.4 is 0 Å². The van der Waals surface area contributed by atoms with Crippen LogP contribution >= 0.6 is 11.3 Å². The van der Waals surface area contributed by atoms with E-state index in [9.17, 15) is 22.8 Å². The molecule has 0 saturated heterocycles. The third kappa shape index (κ3) is 4.29. The molecule has 0 saturated carbocycles. The molecule has 3 rings (SSSR count). The van der Waals surface area contributed by atoms with E-state index in [1.54, 1.807) is 17.8 Å². The lowest BCUT2D eigenvalue weighted by Crippen LogP contribution is -2.37. The molecule has 2 aromatic rings. The van der Waals surface area contributed by atoms with E-state index in [1.807, 2.05) is 0 Å². The average molecular weight is 402 g/mol. The highest BCUT2D eigenvalue weighted by Gasteiger charge is 2.33. The first-order chi connectivity index (χ1) is 12.8. The van der Waals surface area contributed by atoms with Crippen molar-refractivity contribution in [2.75, 3.05) is 13.2 Å². The van der Waals surface area contributed by atoms with Crippen molar-refractivity contribution in [3.8, 4) is 0 Å². The van der Waals surface area contributed by atoms with Gasteiger partial charge in [-0.05, 0) is 6.92 Å². The Morgan fingerprint density at radius 1 is 1.37 bits per heavy atom. The summed E-state index contributed by atoms with van der Waals surface area (Å²) >= 11 is 1.29. The molecule has 27 heavy (non-hydrogen) atoms. The number of halogens is 3. The number of carbonyl (C=O) groups is 2. The van der Waals surface area contributed by atoms with Crippen molar-refractivity contribution < 1.29 is 27.5 Å². The Bertz CT molecular complexity index is 833. The molecule has 1 aliphatic heterocycles. The zero-order valence-electron chi connectivity index (χ0n) is 14.5. The van der Waals surface area contributed by atoms with Crippen LogP contribution in [0.15, 0.2) is 10.9 Å². The van der Waals surface area contributed by atoms with Gasteiger partial charge in [-0.3, -0.25) is 9.48 Å². The molecule has 0 N–H and O–H groups in total. The van der Waals surface area contributed by atoms with Crippen LogP contribution in [0.4, 0.5) is 13.2 Å². The molecule has 0 unspecified atom stereocenters. The number of esters is 1. The molecule has 0 aliphatic carbocycles. The topological polar surface area (TPSA) is 77.3 Å². The van der Waals surface area contributed by atoms with Gasteiger partial charge >= 0.3 is 12.1 Å². The van der Waals surface area contributed by atoms with Gasteiger partial charge in [-0.15, -0.1) is 11.3 Å². The fourth-order valence-corrected chi connectivity index (χ4v) is 3.45. The largest absolute Gasteiger partial charge is 0.461 e. The van der Waals surface area contributed by atoms with Crippen molar-refractivity contribution in [2.45, 2.75) is 39.0 Å². The third-order valence-corrected chi connectivity index (χ3v) is 4.73. The maximum Gasteiger partial charge on any atom is 0.390 e. The second-order valence-electron chi connectivity index (χ2n) is 5.93. The first-order valence-electron chi connectivity index (χ1n) is 8.30. The minimum Gasteiger partial charge on any atom is -0.461 e. The standard InChI is InChI=1S/C16H17F3N4O3S/c1-2-26-15(25)13-10-7-22(14(24)11-8-27-9-20-11)5-3-12(10)23(21-13)6-4-16(17,18)19/h8-9H,2-7H2,1H3. The maximum atomic E-state index is 12.6. The molecule has 7 nitrogen and oxygen atoms in total. The van der Waals surface area contributed by atoms with Crippen molar-refractivity contribution in [3.63, 3.8) is 0 Å². The van der Waals surface area contributed by atoms with E-state index < -0.39 is 18.6 Å². The van der Waals surface area contributed by atoms with E-state index >= 15 is 0 Å². The Kier molecular flexibility index (Phi) is 5.49. The summed E-state index contributed by atoms with van der Waals surface area (Å²) in [7, 11) is 0. The van der Waals surface area contributed by atoms with Gasteiger partial charge < -0.3 is 9.64 Å². The second kappa shape index (κ2) is 7.67. The van der Waals surface area contributed by atoms with Crippen molar-refractivity contribution in [3.05, 3.63) is 33.5 Å². The van der Waals surface area contributed by atoms with Gasteiger partial charge in [0.25, 0.3) is 5.91 Å². The Morgan fingerprint density at radius 2 is 2.15 bits per heavy atom. The summed E-state index contributed by atoms with van der Waals surface area (Å²) in [6.45, 7) is 1.74. The molecule has 0 aromatic carbocycles. The summed E-state index contributed by atoms with van der Waals surface area (Å²) < 4.78 is 44.0. The number of amides is 1. The van der Waals surface area contributed by atoms with Crippen molar-refractivity contribution in [2.24, 2.45) is 0 Å². The fraction of sp³-hybridized carbons (Fsp3) is 0.500. The van der Waals surface area contributed by atoms with E-state index in [4.69, 9.17) is 4.74 Å². The normalized spacial score (nSPS) is 14.1. The molecule has 0 radical (unpaired) electrons. The molecule has 0 atom stereocenters. The molecule has 146 valence electrons. The number of hydrogen-bond donors (Lipinski definition) is 0. The molecule has 3 heterocycles. The average Bonchev–Trinajstić information content (AvgIpc) is 3.26. The molecule has 2 aromatic heterocycles. The molecule has 11 heteroatoms. The van der Waals surface area contributed by atoms with Crippen LogP contribution in [0.3, 0.4) is 0 Å². The Balaban J connectivity index is 1.89. The van der Waals surface area contributed by atoms with Gasteiger partial charge in [0.1, 0.15) is 5.69 Å². The van der Waals surface area contributed by atoms with Crippen molar-refractivity contribution in [1.29, 1.82) is 0 Å². The molecule has 0 bridgehead atoms. The van der Waals surface area contributed by atoms with Crippen LogP contribution in [-0.4, -0.2) is 50.9 Å². The number of hydrogen-bond acceptors (Lipinski definition) is 6. The molecular weight excluding hydrogens is 385 g/mol. The van der Waals surface area contributed by atoms with Gasteiger partial charge in [0, 0.05) is 36.1 Å². The van der Waals surface area contributed by atoms with E-state index in [2.05, 4.69) is 10.1 Å². The summed E-state index contributed by atoms with van der Waals surface area (Å²) in [6, 6.07) is 0. The predicted octanol–water partition coefficient (Wildman–Crippen LogP) is 2.67. The Hall–Kier alpha value is -2.43. The predicted molar refractivity (Wildman–Crippen MR) is 89.4 cm³/mol. The zero-order valence-corrected chi connectivity index (χ0v) is 15.3. The molecule has 0 fully saturated rings. The summed E-state index contributed by atoms with van der Waals surface area (Å²) in [5, 5.41) is 5.68. The number of thiazole rings is 1. The molecular formula is C16H17F3N4O3S. The van der Waals surface area contributed by atoms with E-state index in [0.717, 1.165) is 0 Å². The van der Waals surface area contributed by atoms with Crippen LogP contribution in [-0.2, 0) is 24.2 Å². The number of aromatic nitrogens is 3. The van der Waals surface area contributed by atoms with Crippen LogP contribution in [0.25, 0.3) is 0 Å². The van der Waals surface area contributed by atoms with E-state index in [0.29, 0.717) is 29.9 Å². The number of nitrogens with zero attached hydrogens (tertiary/aromatic N) is 4. The van der Waals surface area contributed by atoms with Crippen LogP contribution in [0.1, 0.15) is 45.6 Å². The highest BCUT2D eigenvalue weighted by Crippen LogP contribution is 2.27. The lowest BCUT2D eigenvalue weighted by molar-refractivity contribution is -0.137. The number of alkyl halides is 3. The summed E-state index contributed by atoms with van der Waals surface area (Å²) in [5.41, 5.74) is 2.77. The molecule has 1 amide bonds. The van der Waals surface area contributed by atoms with Crippen LogP contribution in [0.5, 0.6) is 0 Å². The van der Waals surface area contributed by atoms with Gasteiger partial charge in [0.2, 0.25) is 0 Å². The number of rotatable bonds is 5. The van der Waals surface area contributed by atoms with Gasteiger partial charge in [-0.2, -0.15) is 18.3 Å². The number of aryl methyl sites for hydroxylation is 1. The van der Waals surface area contributed by atoms with Gasteiger partial charge in [0.15, 0.2) is 5.69 Å². The van der Waals surface area contributed by atoms with Gasteiger partial charge in [0.05, 0.1) is 25.1 Å². The van der Waals surface area contributed by atoms with Gasteiger partial charge in [-0.25, -0.2) is 9.78 Å². The minimum atomic E-state index is -4.33. The number of ether oxygens (including phenoxy) is 1. The highest BCUT2D eigenvalue weighted by molar-refractivity contribution is 7.07. The maximum absolute atomic E-state index is 12.6. The third-order valence-electron chi connectivity index (χ3n) is 4.15. The molecule has 0 spiro atoms. The number of fused-ring (bicyclic) bond motifs is 1. The van der Waals surface area contributed by atoms with E-state index in [1.165, 1.54) is 20.9 Å².